The molecule has 12 aromatic rings. The molecule has 0 saturated heterocycles. The summed E-state index contributed by atoms with van der Waals surface area (Å²) in [5.74, 6) is 0. The van der Waals surface area contributed by atoms with Gasteiger partial charge in [0.25, 0.3) is 0 Å². The van der Waals surface area contributed by atoms with Crippen molar-refractivity contribution >= 4 is 80.1 Å². The molecule has 2 heterocycles. The maximum absolute atomic E-state index is 2.52. The van der Waals surface area contributed by atoms with Gasteiger partial charge in [-0.15, -0.1) is 22.7 Å². The minimum Gasteiger partial charge on any atom is -0.309 e. The molecule has 2 aromatic heterocycles. The smallest absolute Gasteiger partial charge is 0.0555 e. The van der Waals surface area contributed by atoms with Gasteiger partial charge in [0.1, 0.15) is 0 Å². The zero-order valence-corrected chi connectivity index (χ0v) is 35.9. The van der Waals surface area contributed by atoms with Crippen LogP contribution in [0.3, 0.4) is 0 Å². The lowest BCUT2D eigenvalue weighted by Crippen LogP contribution is -2.11. The highest BCUT2D eigenvalue weighted by Crippen LogP contribution is 2.51. The SMILES string of the molecule is c1ccc(-c2ccc(-c3ccc(N(c4cccc5sc6cc(-c7ccccc7)ccc6c45)c4ccc(-c5ccccc5)c5sc6cc(-c7ccccc7)ccc6c45)cc3)cc2)cc1. The monoisotopic (exact) mass is 837 g/mol. The highest BCUT2D eigenvalue weighted by atomic mass is 32.1. The number of nitrogens with zero attached hydrogens (tertiary/aromatic N) is 1. The molecule has 63 heavy (non-hydrogen) atoms. The van der Waals surface area contributed by atoms with Gasteiger partial charge in [-0.1, -0.05) is 194 Å². The summed E-state index contributed by atoms with van der Waals surface area (Å²) < 4.78 is 5.12. The quantitative estimate of drug-likeness (QED) is 0.147. The minimum absolute atomic E-state index is 1.11. The van der Waals surface area contributed by atoms with Crippen LogP contribution in [0.15, 0.2) is 237 Å². The molecule has 0 radical (unpaired) electrons. The van der Waals surface area contributed by atoms with Crippen molar-refractivity contribution in [2.75, 3.05) is 4.90 Å². The maximum atomic E-state index is 2.52. The first-order valence-corrected chi connectivity index (χ1v) is 23.0. The molecule has 0 fully saturated rings. The van der Waals surface area contributed by atoms with Crippen LogP contribution in [0.4, 0.5) is 17.1 Å². The molecule has 10 aromatic carbocycles. The largest absolute Gasteiger partial charge is 0.309 e. The van der Waals surface area contributed by atoms with Gasteiger partial charge in [-0.05, 0) is 98.1 Å². The van der Waals surface area contributed by atoms with E-state index >= 15 is 0 Å². The molecule has 0 amide bonds. The minimum atomic E-state index is 1.11. The first-order chi connectivity index (χ1) is 31.2. The third-order valence-corrected chi connectivity index (χ3v) is 14.6. The first-order valence-electron chi connectivity index (χ1n) is 21.4. The van der Waals surface area contributed by atoms with Crippen molar-refractivity contribution in [3.05, 3.63) is 237 Å². The van der Waals surface area contributed by atoms with Crippen LogP contribution in [0, 0.1) is 0 Å². The third-order valence-electron chi connectivity index (χ3n) is 12.3. The second-order valence-corrected chi connectivity index (χ2v) is 18.2. The van der Waals surface area contributed by atoms with E-state index in [1.54, 1.807) is 0 Å². The molecule has 12 rings (SSSR count). The second-order valence-electron chi connectivity index (χ2n) is 16.0. The van der Waals surface area contributed by atoms with Crippen molar-refractivity contribution in [2.45, 2.75) is 0 Å². The lowest BCUT2D eigenvalue weighted by molar-refractivity contribution is 1.32. The van der Waals surface area contributed by atoms with Gasteiger partial charge in [0.15, 0.2) is 0 Å². The number of hydrogen-bond donors (Lipinski definition) is 0. The summed E-state index contributed by atoms with van der Waals surface area (Å²) in [6.45, 7) is 0. The van der Waals surface area contributed by atoms with Gasteiger partial charge >= 0.3 is 0 Å². The second kappa shape index (κ2) is 15.7. The van der Waals surface area contributed by atoms with E-state index in [2.05, 4.69) is 241 Å². The van der Waals surface area contributed by atoms with Crippen molar-refractivity contribution in [1.82, 2.24) is 0 Å². The van der Waals surface area contributed by atoms with Crippen molar-refractivity contribution in [3.63, 3.8) is 0 Å². The van der Waals surface area contributed by atoms with Crippen LogP contribution < -0.4 is 4.90 Å². The molecule has 0 aliphatic heterocycles. The fraction of sp³-hybridized carbons (Fsp3) is 0. The van der Waals surface area contributed by atoms with Gasteiger partial charge in [-0.3, -0.25) is 0 Å². The predicted octanol–water partition coefficient (Wildman–Crippen LogP) is 18.2. The van der Waals surface area contributed by atoms with E-state index < -0.39 is 0 Å². The molecule has 0 aliphatic rings. The lowest BCUT2D eigenvalue weighted by atomic mass is 9.98. The molecule has 1 nitrogen and oxygen atoms in total. The molecular weight excluding hydrogens is 799 g/mol. The van der Waals surface area contributed by atoms with Gasteiger partial charge < -0.3 is 4.90 Å². The fourth-order valence-corrected chi connectivity index (χ4v) is 11.7. The summed E-state index contributed by atoms with van der Waals surface area (Å²) in [7, 11) is 0. The number of thiophene rings is 2. The van der Waals surface area contributed by atoms with E-state index in [4.69, 9.17) is 0 Å². The molecule has 0 spiro atoms. The van der Waals surface area contributed by atoms with Gasteiger partial charge in [-0.25, -0.2) is 0 Å². The average molecular weight is 838 g/mol. The van der Waals surface area contributed by atoms with Crippen molar-refractivity contribution in [1.29, 1.82) is 0 Å². The predicted molar refractivity (Wildman–Crippen MR) is 274 cm³/mol. The highest BCUT2D eigenvalue weighted by Gasteiger charge is 2.24. The standard InChI is InChI=1S/C60H39NS2/c1-5-14-40(15-6-1)43-24-26-44(27-25-43)45-28-32-49(33-29-45)61(53-22-13-23-55-58(53)51-34-30-47(38-56(51)62-55)41-16-7-2-8-17-41)54-37-36-50(46-20-11-4-12-21-46)60-59(54)52-35-31-48(39-57(52)63-60)42-18-9-3-10-19-42/h1-39H. The number of benzene rings is 10. The van der Waals surface area contributed by atoms with E-state index in [-0.39, 0.29) is 0 Å². The van der Waals surface area contributed by atoms with Crippen LogP contribution in [0.25, 0.3) is 96.0 Å². The van der Waals surface area contributed by atoms with Gasteiger partial charge in [0.2, 0.25) is 0 Å². The van der Waals surface area contributed by atoms with E-state index in [1.165, 1.54) is 102 Å². The Balaban J connectivity index is 1.08. The van der Waals surface area contributed by atoms with Crippen molar-refractivity contribution < 1.29 is 0 Å². The molecule has 0 N–H and O–H groups in total. The van der Waals surface area contributed by atoms with Crippen molar-refractivity contribution in [2.24, 2.45) is 0 Å². The lowest BCUT2D eigenvalue weighted by Gasteiger charge is -2.28. The Morgan fingerprint density at radius 2 is 0.698 bits per heavy atom. The van der Waals surface area contributed by atoms with E-state index in [9.17, 15) is 0 Å². The normalized spacial score (nSPS) is 11.5. The Hall–Kier alpha value is -7.56. The molecule has 0 bridgehead atoms. The molecule has 296 valence electrons. The summed E-state index contributed by atoms with van der Waals surface area (Å²) in [5.41, 5.74) is 15.7. The fourth-order valence-electron chi connectivity index (χ4n) is 9.20. The topological polar surface area (TPSA) is 3.24 Å². The molecule has 0 saturated carbocycles. The van der Waals surface area contributed by atoms with E-state index in [1.807, 2.05) is 22.7 Å². The van der Waals surface area contributed by atoms with Gasteiger partial charge in [-0.2, -0.15) is 0 Å². The number of rotatable bonds is 8. The summed E-state index contributed by atoms with van der Waals surface area (Å²) in [6, 6.07) is 86.5. The number of hydrogen-bond acceptors (Lipinski definition) is 3. The molecule has 3 heteroatoms. The summed E-state index contributed by atoms with van der Waals surface area (Å²) in [6.07, 6.45) is 0. The molecule has 0 atom stereocenters. The van der Waals surface area contributed by atoms with Gasteiger partial charge in [0, 0.05) is 46.0 Å². The third kappa shape index (κ3) is 6.70. The first kappa shape index (κ1) is 37.2. The Bertz CT molecular complexity index is 3570. The van der Waals surface area contributed by atoms with Crippen molar-refractivity contribution in [3.8, 4) is 55.6 Å². The summed E-state index contributed by atoms with van der Waals surface area (Å²) in [4.78, 5) is 2.52. The zero-order chi connectivity index (χ0) is 41.7. The van der Waals surface area contributed by atoms with Crippen LogP contribution >= 0.6 is 22.7 Å². The average Bonchev–Trinajstić information content (AvgIpc) is 3.94. The van der Waals surface area contributed by atoms with E-state index in [0.29, 0.717) is 0 Å². The number of anilines is 3. The Labute approximate surface area is 375 Å². The number of fused-ring (bicyclic) bond motifs is 6. The van der Waals surface area contributed by atoms with Crippen LogP contribution in [0.5, 0.6) is 0 Å². The Kier molecular flexibility index (Phi) is 9.29. The Morgan fingerprint density at radius 1 is 0.270 bits per heavy atom. The van der Waals surface area contributed by atoms with Crippen LogP contribution in [-0.2, 0) is 0 Å². The van der Waals surface area contributed by atoms with Crippen LogP contribution in [-0.4, -0.2) is 0 Å². The van der Waals surface area contributed by atoms with Crippen LogP contribution in [0.2, 0.25) is 0 Å². The summed E-state index contributed by atoms with van der Waals surface area (Å²) >= 11 is 3.77. The maximum Gasteiger partial charge on any atom is 0.0555 e. The summed E-state index contributed by atoms with van der Waals surface area (Å²) in [5, 5.41) is 5.06. The zero-order valence-electron chi connectivity index (χ0n) is 34.3. The highest BCUT2D eigenvalue weighted by molar-refractivity contribution is 7.26. The van der Waals surface area contributed by atoms with Gasteiger partial charge in [0.05, 0.1) is 11.4 Å². The molecule has 0 unspecified atom stereocenters. The Morgan fingerprint density at radius 3 is 1.25 bits per heavy atom. The van der Waals surface area contributed by atoms with E-state index in [0.717, 1.165) is 11.4 Å². The molecule has 0 aliphatic carbocycles. The van der Waals surface area contributed by atoms with Crippen LogP contribution in [0.1, 0.15) is 0 Å². The molecular formula is C60H39NS2.